The highest BCUT2D eigenvalue weighted by Crippen LogP contribution is 2.40. The summed E-state index contributed by atoms with van der Waals surface area (Å²) in [4.78, 5) is 28.1. The molecule has 2 fully saturated rings. The van der Waals surface area contributed by atoms with Crippen LogP contribution in [0.1, 0.15) is 63.3 Å². The Morgan fingerprint density at radius 3 is 2.26 bits per heavy atom. The lowest BCUT2D eigenvalue weighted by atomic mass is 9.86. The highest BCUT2D eigenvalue weighted by Gasteiger charge is 2.43. The molecule has 2 aliphatic heterocycles. The molecule has 2 unspecified atom stereocenters. The lowest BCUT2D eigenvalue weighted by Crippen LogP contribution is -2.48. The van der Waals surface area contributed by atoms with Gasteiger partial charge in [0.2, 0.25) is 0 Å². The summed E-state index contributed by atoms with van der Waals surface area (Å²) in [5, 5.41) is 16.7. The van der Waals surface area contributed by atoms with Gasteiger partial charge in [0.15, 0.2) is 0 Å². The fourth-order valence-electron chi connectivity index (χ4n) is 6.36. The SMILES string of the molecule is Cc1ccc(-n2nc(C(C)(C)C)cc2NC(=O)Nc2ccc(CC3CC4CCC(C3)N4C(=O)Nc3cccs3)cc2)cc1. The Labute approximate surface area is 257 Å². The van der Waals surface area contributed by atoms with Gasteiger partial charge in [-0.25, -0.2) is 14.3 Å². The molecular weight excluding hydrogens is 556 g/mol. The average Bonchev–Trinajstić information content (AvgIpc) is 3.69. The van der Waals surface area contributed by atoms with Crippen molar-refractivity contribution in [1.82, 2.24) is 14.7 Å². The maximum atomic E-state index is 13.0. The first-order valence-electron chi connectivity index (χ1n) is 15.1. The first-order valence-corrected chi connectivity index (χ1v) is 16.0. The fraction of sp³-hybridized carbons (Fsp3) is 0.382. The summed E-state index contributed by atoms with van der Waals surface area (Å²) in [7, 11) is 0. The lowest BCUT2D eigenvalue weighted by Gasteiger charge is -2.39. The molecular formula is C34H40N6O2S. The number of benzene rings is 2. The highest BCUT2D eigenvalue weighted by atomic mass is 32.1. The monoisotopic (exact) mass is 596 g/mol. The van der Waals surface area contributed by atoms with Gasteiger partial charge in [0.05, 0.1) is 16.4 Å². The van der Waals surface area contributed by atoms with Crippen LogP contribution >= 0.6 is 11.3 Å². The summed E-state index contributed by atoms with van der Waals surface area (Å²) < 4.78 is 1.78. The van der Waals surface area contributed by atoms with Crippen LogP contribution in [0.2, 0.25) is 0 Å². The molecule has 2 bridgehead atoms. The molecule has 2 aromatic carbocycles. The summed E-state index contributed by atoms with van der Waals surface area (Å²) in [6.45, 7) is 8.37. The molecule has 4 heterocycles. The number of hydrogen-bond donors (Lipinski definition) is 3. The quantitative estimate of drug-likeness (QED) is 0.210. The largest absolute Gasteiger partial charge is 0.324 e. The number of carbonyl (C=O) groups excluding carboxylic acids is 2. The van der Waals surface area contributed by atoms with Crippen LogP contribution in [0, 0.1) is 12.8 Å². The summed E-state index contributed by atoms with van der Waals surface area (Å²) in [6.07, 6.45) is 5.20. The number of hydrogen-bond acceptors (Lipinski definition) is 4. The zero-order valence-electron chi connectivity index (χ0n) is 25.3. The molecule has 2 atom stereocenters. The van der Waals surface area contributed by atoms with Crippen LogP contribution in [0.3, 0.4) is 0 Å². The second-order valence-electron chi connectivity index (χ2n) is 12.9. The number of nitrogens with zero attached hydrogens (tertiary/aromatic N) is 3. The third-order valence-electron chi connectivity index (χ3n) is 8.55. The Hall–Kier alpha value is -4.11. The number of aryl methyl sites for hydroxylation is 1. The zero-order chi connectivity index (χ0) is 30.1. The van der Waals surface area contributed by atoms with Crippen molar-refractivity contribution in [3.8, 4) is 5.69 Å². The molecule has 9 heteroatoms. The van der Waals surface area contributed by atoms with Crippen molar-refractivity contribution in [2.45, 2.75) is 77.3 Å². The van der Waals surface area contributed by atoms with Gasteiger partial charge in [0.25, 0.3) is 0 Å². The van der Waals surface area contributed by atoms with Crippen molar-refractivity contribution in [2.24, 2.45) is 5.92 Å². The molecule has 8 nitrogen and oxygen atoms in total. The van der Waals surface area contributed by atoms with Crippen LogP contribution in [0.25, 0.3) is 5.69 Å². The Morgan fingerprint density at radius 1 is 0.930 bits per heavy atom. The predicted octanol–water partition coefficient (Wildman–Crippen LogP) is 8.20. The van der Waals surface area contributed by atoms with E-state index in [4.69, 9.17) is 5.10 Å². The Kier molecular flexibility index (Phi) is 8.01. The lowest BCUT2D eigenvalue weighted by molar-refractivity contribution is 0.131. The normalized spacial score (nSPS) is 19.7. The smallest absolute Gasteiger partial charge is 0.319 e. The van der Waals surface area contributed by atoms with Crippen LogP contribution in [0.15, 0.2) is 72.1 Å². The number of carbonyl (C=O) groups is 2. The van der Waals surface area contributed by atoms with E-state index in [2.05, 4.69) is 53.8 Å². The van der Waals surface area contributed by atoms with Crippen LogP contribution in [-0.2, 0) is 11.8 Å². The number of aromatic nitrogens is 2. The number of fused-ring (bicyclic) bond motifs is 2. The van der Waals surface area contributed by atoms with Crippen LogP contribution < -0.4 is 16.0 Å². The Balaban J connectivity index is 1.06. The van der Waals surface area contributed by atoms with Crippen molar-refractivity contribution in [3.05, 3.63) is 88.9 Å². The van der Waals surface area contributed by atoms with Gasteiger partial charge < -0.3 is 10.2 Å². The minimum absolute atomic E-state index is 0.0404. The number of urea groups is 2. The van der Waals surface area contributed by atoms with Gasteiger partial charge in [-0.1, -0.05) is 50.6 Å². The van der Waals surface area contributed by atoms with E-state index in [1.165, 1.54) is 5.56 Å². The van der Waals surface area contributed by atoms with Crippen LogP contribution in [-0.4, -0.2) is 38.8 Å². The van der Waals surface area contributed by atoms with E-state index in [1.807, 2.05) is 66.9 Å². The van der Waals surface area contributed by atoms with Gasteiger partial charge in [0, 0.05) is 29.3 Å². The zero-order valence-corrected chi connectivity index (χ0v) is 26.1. The molecule has 0 saturated carbocycles. The predicted molar refractivity (Wildman–Crippen MR) is 174 cm³/mol. The molecule has 2 aliphatic rings. The number of anilines is 3. The van der Waals surface area contributed by atoms with Gasteiger partial charge in [-0.15, -0.1) is 11.3 Å². The highest BCUT2D eigenvalue weighted by molar-refractivity contribution is 7.14. The summed E-state index contributed by atoms with van der Waals surface area (Å²) in [5.74, 6) is 1.16. The Bertz CT molecular complexity index is 1560. The second-order valence-corrected chi connectivity index (χ2v) is 13.9. The molecule has 0 radical (unpaired) electrons. The number of rotatable bonds is 6. The summed E-state index contributed by atoms with van der Waals surface area (Å²) in [6, 6.07) is 22.4. The number of amides is 4. The maximum absolute atomic E-state index is 13.0. The van der Waals surface area contributed by atoms with Crippen molar-refractivity contribution >= 4 is 39.9 Å². The summed E-state index contributed by atoms with van der Waals surface area (Å²) in [5.41, 5.74) is 4.78. The van der Waals surface area contributed by atoms with E-state index in [9.17, 15) is 9.59 Å². The molecule has 3 N–H and O–H groups in total. The van der Waals surface area contributed by atoms with Gasteiger partial charge in [0.1, 0.15) is 5.82 Å². The number of nitrogens with one attached hydrogen (secondary N) is 3. The van der Waals surface area contributed by atoms with E-state index in [0.717, 1.165) is 59.7 Å². The van der Waals surface area contributed by atoms with Gasteiger partial charge in [-0.3, -0.25) is 10.6 Å². The third kappa shape index (κ3) is 6.62. The van der Waals surface area contributed by atoms with E-state index in [0.29, 0.717) is 23.8 Å². The third-order valence-corrected chi connectivity index (χ3v) is 9.34. The molecule has 224 valence electrons. The second kappa shape index (κ2) is 11.9. The molecule has 2 saturated heterocycles. The van der Waals surface area contributed by atoms with Crippen molar-refractivity contribution in [3.63, 3.8) is 0 Å². The molecule has 2 aromatic heterocycles. The van der Waals surface area contributed by atoms with Gasteiger partial charge in [-0.05, 0) is 92.3 Å². The van der Waals surface area contributed by atoms with E-state index >= 15 is 0 Å². The van der Waals surface area contributed by atoms with Crippen molar-refractivity contribution in [1.29, 1.82) is 0 Å². The van der Waals surface area contributed by atoms with E-state index in [-0.39, 0.29) is 17.5 Å². The van der Waals surface area contributed by atoms with Crippen LogP contribution in [0.5, 0.6) is 0 Å². The molecule has 4 aromatic rings. The number of piperidine rings is 1. The van der Waals surface area contributed by atoms with Gasteiger partial charge in [-0.2, -0.15) is 5.10 Å². The molecule has 43 heavy (non-hydrogen) atoms. The topological polar surface area (TPSA) is 91.3 Å². The standard InChI is InChI=1S/C34H40N6O2S/c1-22-7-13-26(14-8-22)40-30(21-29(38-40)34(2,3)4)36-32(41)35-25-11-9-23(10-12-25)18-24-19-27-15-16-28(20-24)39(27)33(42)37-31-6-5-17-43-31/h5-14,17,21,24,27-28H,15-16,18-20H2,1-4H3,(H,37,42)(H2,35,36,41). The first-order chi connectivity index (χ1) is 20.6. The minimum atomic E-state index is -0.314. The van der Waals surface area contributed by atoms with E-state index in [1.54, 1.807) is 16.0 Å². The average molecular weight is 597 g/mol. The van der Waals surface area contributed by atoms with E-state index < -0.39 is 0 Å². The molecule has 4 amide bonds. The molecule has 0 spiro atoms. The first kappa shape index (κ1) is 29.0. The van der Waals surface area contributed by atoms with Crippen molar-refractivity contribution < 1.29 is 9.59 Å². The molecule has 0 aliphatic carbocycles. The van der Waals surface area contributed by atoms with Crippen molar-refractivity contribution in [2.75, 3.05) is 16.0 Å². The number of thiophene rings is 1. The summed E-state index contributed by atoms with van der Waals surface area (Å²) >= 11 is 1.55. The maximum Gasteiger partial charge on any atom is 0.324 e. The minimum Gasteiger partial charge on any atom is -0.319 e. The van der Waals surface area contributed by atoms with Crippen LogP contribution in [0.4, 0.5) is 26.1 Å². The molecule has 6 rings (SSSR count). The Morgan fingerprint density at radius 2 is 1.63 bits per heavy atom. The fourth-order valence-corrected chi connectivity index (χ4v) is 6.97. The van der Waals surface area contributed by atoms with Gasteiger partial charge >= 0.3 is 12.1 Å².